The van der Waals surface area contributed by atoms with Gasteiger partial charge < -0.3 is 9.47 Å². The molecule has 8 heteroatoms. The van der Waals surface area contributed by atoms with E-state index >= 15 is 0 Å². The Kier molecular flexibility index (Phi) is 4.82. The molecule has 1 heterocycles. The van der Waals surface area contributed by atoms with E-state index in [4.69, 9.17) is 14.0 Å². The smallest absolute Gasteiger partial charge is 0.264 e. The van der Waals surface area contributed by atoms with Crippen LogP contribution in [0.15, 0.2) is 12.1 Å². The van der Waals surface area contributed by atoms with Crippen molar-refractivity contribution in [1.29, 1.82) is 0 Å². The Morgan fingerprint density at radius 2 is 1.64 bits per heavy atom. The molecule has 22 heavy (non-hydrogen) atoms. The van der Waals surface area contributed by atoms with Crippen LogP contribution in [-0.4, -0.2) is 42.4 Å². The molecule has 0 aliphatic carbocycles. The number of hydrogen-bond donors (Lipinski definition) is 1. The van der Waals surface area contributed by atoms with E-state index in [1.54, 1.807) is 12.1 Å². The van der Waals surface area contributed by atoms with E-state index in [2.05, 4.69) is 9.97 Å². The summed E-state index contributed by atoms with van der Waals surface area (Å²) in [5.41, 5.74) is 3.05. The Bertz CT molecular complexity index is 789. The molecule has 0 amide bonds. The zero-order chi connectivity index (χ0) is 16.3. The first-order valence-corrected chi connectivity index (χ1v) is 8.32. The summed E-state index contributed by atoms with van der Waals surface area (Å²) in [7, 11) is -2.46. The maximum atomic E-state index is 10.7. The monoisotopic (exact) mass is 326 g/mol. The number of hydrogen-bond acceptors (Lipinski definition) is 6. The van der Waals surface area contributed by atoms with Gasteiger partial charge in [-0.15, -0.1) is 0 Å². The summed E-state index contributed by atoms with van der Waals surface area (Å²) in [4.78, 5) is 8.89. The van der Waals surface area contributed by atoms with Gasteiger partial charge in [-0.1, -0.05) is 0 Å². The van der Waals surface area contributed by atoms with Gasteiger partial charge in [0.2, 0.25) is 0 Å². The Hall–Kier alpha value is -1.93. The molecule has 1 aromatic heterocycles. The van der Waals surface area contributed by atoms with Crippen molar-refractivity contribution in [2.45, 2.75) is 20.3 Å². The van der Waals surface area contributed by atoms with Crippen LogP contribution in [0.3, 0.4) is 0 Å². The summed E-state index contributed by atoms with van der Waals surface area (Å²) in [6.07, 6.45) is 0.179. The molecule has 120 valence electrons. The summed E-state index contributed by atoms with van der Waals surface area (Å²) in [5, 5.41) is 0. The van der Waals surface area contributed by atoms with Crippen LogP contribution in [0.5, 0.6) is 11.5 Å². The molecule has 0 saturated heterocycles. The van der Waals surface area contributed by atoms with Gasteiger partial charge in [0, 0.05) is 12.1 Å². The molecule has 2 aromatic rings. The molecule has 0 spiro atoms. The third kappa shape index (κ3) is 4.05. The second kappa shape index (κ2) is 6.45. The number of rotatable bonds is 6. The van der Waals surface area contributed by atoms with Crippen LogP contribution in [0.25, 0.3) is 11.0 Å². The second-order valence-electron chi connectivity index (χ2n) is 4.87. The molecule has 0 unspecified atom stereocenters. The fourth-order valence-electron chi connectivity index (χ4n) is 1.94. The molecule has 0 bridgehead atoms. The van der Waals surface area contributed by atoms with Gasteiger partial charge in [-0.3, -0.25) is 4.55 Å². The first-order chi connectivity index (χ1) is 10.3. The van der Waals surface area contributed by atoms with Crippen molar-refractivity contribution in [3.8, 4) is 11.5 Å². The number of ether oxygens (including phenoxy) is 2. The minimum absolute atomic E-state index is 0.139. The summed E-state index contributed by atoms with van der Waals surface area (Å²) in [6, 6.07) is 3.44. The number of fused-ring (bicyclic) bond motifs is 1. The lowest BCUT2D eigenvalue weighted by molar-refractivity contribution is 0.294. The van der Waals surface area contributed by atoms with Crippen molar-refractivity contribution in [2.24, 2.45) is 0 Å². The predicted octanol–water partition coefficient (Wildman–Crippen LogP) is 1.91. The third-order valence-corrected chi connectivity index (χ3v) is 3.97. The highest BCUT2D eigenvalue weighted by atomic mass is 32.2. The molecule has 1 aromatic carbocycles. The Balaban J connectivity index is 2.23. The highest BCUT2D eigenvalue weighted by Crippen LogP contribution is 2.31. The van der Waals surface area contributed by atoms with Gasteiger partial charge in [0.25, 0.3) is 10.1 Å². The van der Waals surface area contributed by atoms with Crippen LogP contribution in [0.4, 0.5) is 0 Å². The van der Waals surface area contributed by atoms with Crippen LogP contribution < -0.4 is 9.47 Å². The normalized spacial score (nSPS) is 11.6. The van der Waals surface area contributed by atoms with Crippen LogP contribution in [-0.2, 0) is 10.1 Å². The van der Waals surface area contributed by atoms with Crippen molar-refractivity contribution >= 4 is 21.2 Å². The van der Waals surface area contributed by atoms with Crippen molar-refractivity contribution < 1.29 is 22.4 Å². The first kappa shape index (κ1) is 16.4. The highest BCUT2D eigenvalue weighted by molar-refractivity contribution is 7.85. The van der Waals surface area contributed by atoms with Gasteiger partial charge in [-0.05, 0) is 20.3 Å². The zero-order valence-corrected chi connectivity index (χ0v) is 13.5. The second-order valence-corrected chi connectivity index (χ2v) is 6.45. The van der Waals surface area contributed by atoms with Gasteiger partial charge in [-0.2, -0.15) is 8.42 Å². The number of aromatic nitrogens is 2. The summed E-state index contributed by atoms with van der Waals surface area (Å²) < 4.78 is 40.8. The van der Waals surface area contributed by atoms with Gasteiger partial charge in [0.05, 0.1) is 41.9 Å². The fourth-order valence-corrected chi connectivity index (χ4v) is 2.42. The summed E-state index contributed by atoms with van der Waals surface area (Å²) in [5.74, 6) is 0.612. The van der Waals surface area contributed by atoms with E-state index in [1.165, 1.54) is 7.11 Å². The Morgan fingerprint density at radius 1 is 1.09 bits per heavy atom. The topological polar surface area (TPSA) is 98.6 Å². The van der Waals surface area contributed by atoms with Crippen molar-refractivity contribution in [2.75, 3.05) is 19.5 Å². The SMILES string of the molecule is COc1cc2nc(C)c(C)nc2cc1OCCCS(=O)(=O)O. The summed E-state index contributed by atoms with van der Waals surface area (Å²) >= 11 is 0. The molecule has 0 saturated carbocycles. The summed E-state index contributed by atoms with van der Waals surface area (Å²) in [6.45, 7) is 3.90. The minimum atomic E-state index is -3.97. The Labute approximate surface area is 129 Å². The van der Waals surface area contributed by atoms with E-state index < -0.39 is 10.1 Å². The predicted molar refractivity (Wildman–Crippen MR) is 82.1 cm³/mol. The minimum Gasteiger partial charge on any atom is -0.493 e. The van der Waals surface area contributed by atoms with Gasteiger partial charge in [0.15, 0.2) is 11.5 Å². The van der Waals surface area contributed by atoms with Crippen LogP contribution >= 0.6 is 0 Å². The van der Waals surface area contributed by atoms with Gasteiger partial charge in [-0.25, -0.2) is 9.97 Å². The molecular formula is C14H18N2O5S. The fraction of sp³-hybridized carbons (Fsp3) is 0.429. The first-order valence-electron chi connectivity index (χ1n) is 6.71. The average Bonchev–Trinajstić information content (AvgIpc) is 2.43. The van der Waals surface area contributed by atoms with E-state index in [0.29, 0.717) is 22.5 Å². The van der Waals surface area contributed by atoms with Gasteiger partial charge in [0.1, 0.15) is 0 Å². The third-order valence-electron chi connectivity index (χ3n) is 3.16. The quantitative estimate of drug-likeness (QED) is 0.639. The molecule has 0 aliphatic rings. The van der Waals surface area contributed by atoms with Crippen molar-refractivity contribution in [1.82, 2.24) is 9.97 Å². The highest BCUT2D eigenvalue weighted by Gasteiger charge is 2.11. The molecule has 0 fully saturated rings. The molecule has 0 atom stereocenters. The standard InChI is InChI=1S/C14H18N2O5S/c1-9-10(2)16-12-8-14(13(20-3)7-11(12)15-9)21-5-4-6-22(17,18)19/h7-8H,4-6H2,1-3H3,(H,17,18,19). The van der Waals surface area contributed by atoms with Crippen LogP contribution in [0.2, 0.25) is 0 Å². The van der Waals surface area contributed by atoms with E-state index in [-0.39, 0.29) is 18.8 Å². The largest absolute Gasteiger partial charge is 0.493 e. The number of methoxy groups -OCH3 is 1. The van der Waals surface area contributed by atoms with Crippen LogP contribution in [0.1, 0.15) is 17.8 Å². The van der Waals surface area contributed by atoms with Crippen LogP contribution in [0, 0.1) is 13.8 Å². The lowest BCUT2D eigenvalue weighted by atomic mass is 10.2. The van der Waals surface area contributed by atoms with E-state index in [9.17, 15) is 8.42 Å². The maximum Gasteiger partial charge on any atom is 0.264 e. The lowest BCUT2D eigenvalue weighted by Gasteiger charge is -2.12. The molecular weight excluding hydrogens is 308 g/mol. The van der Waals surface area contributed by atoms with Crippen molar-refractivity contribution in [3.63, 3.8) is 0 Å². The average molecular weight is 326 g/mol. The maximum absolute atomic E-state index is 10.7. The molecule has 7 nitrogen and oxygen atoms in total. The zero-order valence-electron chi connectivity index (χ0n) is 12.7. The number of benzene rings is 1. The number of aryl methyl sites for hydroxylation is 2. The van der Waals surface area contributed by atoms with E-state index in [0.717, 1.165) is 11.4 Å². The Morgan fingerprint density at radius 3 is 2.14 bits per heavy atom. The molecule has 0 aliphatic heterocycles. The molecule has 2 rings (SSSR count). The van der Waals surface area contributed by atoms with Gasteiger partial charge >= 0.3 is 0 Å². The van der Waals surface area contributed by atoms with E-state index in [1.807, 2.05) is 13.8 Å². The lowest BCUT2D eigenvalue weighted by Crippen LogP contribution is -2.09. The number of nitrogens with zero attached hydrogens (tertiary/aromatic N) is 2. The molecule has 1 N–H and O–H groups in total. The molecule has 0 radical (unpaired) electrons. The van der Waals surface area contributed by atoms with Crippen molar-refractivity contribution in [3.05, 3.63) is 23.5 Å².